The zero-order chi connectivity index (χ0) is 15.8. The summed E-state index contributed by atoms with van der Waals surface area (Å²) in [5, 5.41) is 5.94. The van der Waals surface area contributed by atoms with Gasteiger partial charge in [0.2, 0.25) is 0 Å². The highest BCUT2D eigenvalue weighted by molar-refractivity contribution is 5.94. The molecule has 0 spiro atoms. The lowest BCUT2D eigenvalue weighted by atomic mass is 9.93. The third-order valence-corrected chi connectivity index (χ3v) is 4.01. The Morgan fingerprint density at radius 3 is 2.86 bits per heavy atom. The normalized spacial score (nSPS) is 15.5. The molecule has 0 radical (unpaired) electrons. The van der Waals surface area contributed by atoms with Crippen molar-refractivity contribution in [3.63, 3.8) is 0 Å². The predicted molar refractivity (Wildman–Crippen MR) is 84.7 cm³/mol. The number of benzene rings is 1. The molecule has 2 N–H and O–H groups in total. The van der Waals surface area contributed by atoms with Crippen LogP contribution in [0, 0.1) is 11.7 Å². The Labute approximate surface area is 131 Å². The fraction of sp³-hybridized carbons (Fsp3) is 0.588. The lowest BCUT2D eigenvalue weighted by Gasteiger charge is -2.22. The predicted octanol–water partition coefficient (Wildman–Crippen LogP) is 2.73. The van der Waals surface area contributed by atoms with Gasteiger partial charge >= 0.3 is 0 Å². The molecule has 1 amide bonds. The largest absolute Gasteiger partial charge is 0.493 e. The first-order chi connectivity index (χ1) is 10.7. The molecule has 1 aromatic carbocycles. The van der Waals surface area contributed by atoms with Gasteiger partial charge < -0.3 is 15.4 Å². The van der Waals surface area contributed by atoms with Gasteiger partial charge in [0, 0.05) is 12.6 Å². The summed E-state index contributed by atoms with van der Waals surface area (Å²) < 4.78 is 19.5. The van der Waals surface area contributed by atoms with E-state index in [1.165, 1.54) is 25.0 Å². The quantitative estimate of drug-likeness (QED) is 0.762. The molecular weight excluding hydrogens is 283 g/mol. The van der Waals surface area contributed by atoms with E-state index in [0.717, 1.165) is 31.8 Å². The number of carbonyl (C=O) groups is 1. The number of halogens is 1. The summed E-state index contributed by atoms with van der Waals surface area (Å²) in [6, 6.07) is 4.41. The molecule has 22 heavy (non-hydrogen) atoms. The van der Waals surface area contributed by atoms with Crippen LogP contribution in [-0.4, -0.2) is 32.1 Å². The molecule has 1 aliphatic rings. The Morgan fingerprint density at radius 1 is 1.41 bits per heavy atom. The van der Waals surface area contributed by atoms with Crippen LogP contribution < -0.4 is 15.4 Å². The van der Waals surface area contributed by atoms with Gasteiger partial charge in [-0.15, -0.1) is 0 Å². The van der Waals surface area contributed by atoms with E-state index in [9.17, 15) is 9.18 Å². The molecule has 1 aliphatic heterocycles. The first-order valence-electron chi connectivity index (χ1n) is 8.12. The second-order valence-electron chi connectivity index (χ2n) is 5.69. The zero-order valence-corrected chi connectivity index (χ0v) is 13.2. The lowest BCUT2D eigenvalue weighted by molar-refractivity contribution is 0.0951. The SMILES string of the molecule is CCNC(=O)c1ccc(OCCCC2CCNCC2)cc1F. The van der Waals surface area contributed by atoms with Gasteiger partial charge in [0.15, 0.2) is 0 Å². The van der Waals surface area contributed by atoms with Gasteiger partial charge in [-0.25, -0.2) is 4.39 Å². The molecule has 1 fully saturated rings. The number of amides is 1. The van der Waals surface area contributed by atoms with E-state index in [2.05, 4.69) is 10.6 Å². The van der Waals surface area contributed by atoms with Crippen LogP contribution in [-0.2, 0) is 0 Å². The van der Waals surface area contributed by atoms with Gasteiger partial charge in [0.1, 0.15) is 11.6 Å². The second kappa shape index (κ2) is 8.73. The van der Waals surface area contributed by atoms with Gasteiger partial charge in [-0.1, -0.05) is 0 Å². The third-order valence-electron chi connectivity index (χ3n) is 4.01. The van der Waals surface area contributed by atoms with Crippen molar-refractivity contribution in [1.82, 2.24) is 10.6 Å². The molecule has 4 nitrogen and oxygen atoms in total. The van der Waals surface area contributed by atoms with Crippen LogP contribution in [0.4, 0.5) is 4.39 Å². The van der Waals surface area contributed by atoms with E-state index in [4.69, 9.17) is 4.74 Å². The Bertz CT molecular complexity index is 488. The van der Waals surface area contributed by atoms with Crippen molar-refractivity contribution in [2.45, 2.75) is 32.6 Å². The van der Waals surface area contributed by atoms with E-state index < -0.39 is 11.7 Å². The topological polar surface area (TPSA) is 50.4 Å². The maximum absolute atomic E-state index is 13.9. The second-order valence-corrected chi connectivity index (χ2v) is 5.69. The van der Waals surface area contributed by atoms with Gasteiger partial charge in [-0.2, -0.15) is 0 Å². The summed E-state index contributed by atoms with van der Waals surface area (Å²) in [6.45, 7) is 5.09. The van der Waals surface area contributed by atoms with Crippen molar-refractivity contribution >= 4 is 5.91 Å². The molecule has 0 aromatic heterocycles. The maximum atomic E-state index is 13.9. The summed E-state index contributed by atoms with van der Waals surface area (Å²) in [4.78, 5) is 11.6. The van der Waals surface area contributed by atoms with Crippen LogP contribution in [0.5, 0.6) is 5.75 Å². The monoisotopic (exact) mass is 308 g/mol. The molecule has 1 aromatic rings. The minimum atomic E-state index is -0.540. The van der Waals surface area contributed by atoms with Crippen LogP contribution >= 0.6 is 0 Å². The maximum Gasteiger partial charge on any atom is 0.254 e. The molecular formula is C17H25FN2O2. The number of hydrogen-bond donors (Lipinski definition) is 2. The molecule has 0 unspecified atom stereocenters. The number of rotatable bonds is 7. The minimum absolute atomic E-state index is 0.0592. The molecule has 1 heterocycles. The molecule has 2 rings (SSSR count). The fourth-order valence-corrected chi connectivity index (χ4v) is 2.76. The summed E-state index contributed by atoms with van der Waals surface area (Å²) >= 11 is 0. The van der Waals surface area contributed by atoms with Crippen LogP contribution in [0.3, 0.4) is 0 Å². The molecule has 0 atom stereocenters. The summed E-state index contributed by atoms with van der Waals surface area (Å²) in [5.74, 6) is 0.330. The van der Waals surface area contributed by atoms with Crippen LogP contribution in [0.25, 0.3) is 0 Å². The third kappa shape index (κ3) is 4.98. The fourth-order valence-electron chi connectivity index (χ4n) is 2.76. The highest BCUT2D eigenvalue weighted by Gasteiger charge is 2.13. The molecule has 122 valence electrons. The summed E-state index contributed by atoms with van der Waals surface area (Å²) in [6.07, 6.45) is 4.59. The number of nitrogens with one attached hydrogen (secondary N) is 2. The van der Waals surface area contributed by atoms with Gasteiger partial charge in [-0.05, 0) is 63.7 Å². The Morgan fingerprint density at radius 2 is 2.18 bits per heavy atom. The first kappa shape index (κ1) is 16.7. The summed E-state index contributed by atoms with van der Waals surface area (Å²) in [7, 11) is 0. The zero-order valence-electron chi connectivity index (χ0n) is 13.2. The van der Waals surface area contributed by atoms with Crippen molar-refractivity contribution in [1.29, 1.82) is 0 Å². The highest BCUT2D eigenvalue weighted by Crippen LogP contribution is 2.20. The van der Waals surface area contributed by atoms with E-state index in [1.807, 2.05) is 0 Å². The van der Waals surface area contributed by atoms with Gasteiger partial charge in [0.05, 0.1) is 12.2 Å². The van der Waals surface area contributed by atoms with Gasteiger partial charge in [-0.3, -0.25) is 4.79 Å². The summed E-state index contributed by atoms with van der Waals surface area (Å²) in [5.41, 5.74) is 0.0592. The first-order valence-corrected chi connectivity index (χ1v) is 8.12. The van der Waals surface area contributed by atoms with Crippen molar-refractivity contribution in [2.75, 3.05) is 26.2 Å². The molecule has 0 saturated carbocycles. The van der Waals surface area contributed by atoms with E-state index in [1.54, 1.807) is 13.0 Å². The Hall–Kier alpha value is -1.62. The number of carbonyl (C=O) groups excluding carboxylic acids is 1. The van der Waals surface area contributed by atoms with E-state index in [-0.39, 0.29) is 5.56 Å². The smallest absolute Gasteiger partial charge is 0.254 e. The number of hydrogen-bond acceptors (Lipinski definition) is 3. The van der Waals surface area contributed by atoms with Crippen molar-refractivity contribution < 1.29 is 13.9 Å². The lowest BCUT2D eigenvalue weighted by Crippen LogP contribution is -2.27. The van der Waals surface area contributed by atoms with Crippen LogP contribution in [0.2, 0.25) is 0 Å². The molecule has 5 heteroatoms. The average Bonchev–Trinajstić information content (AvgIpc) is 2.53. The van der Waals surface area contributed by atoms with E-state index >= 15 is 0 Å². The van der Waals surface area contributed by atoms with Crippen molar-refractivity contribution in [3.8, 4) is 5.75 Å². The Kier molecular flexibility index (Phi) is 6.65. The van der Waals surface area contributed by atoms with Crippen LogP contribution in [0.15, 0.2) is 18.2 Å². The number of ether oxygens (including phenoxy) is 1. The van der Waals surface area contributed by atoms with Crippen molar-refractivity contribution in [3.05, 3.63) is 29.6 Å². The molecule has 0 aliphatic carbocycles. The minimum Gasteiger partial charge on any atom is -0.493 e. The molecule has 1 saturated heterocycles. The average molecular weight is 308 g/mol. The standard InChI is InChI=1S/C17H25FN2O2/c1-2-20-17(21)15-6-5-14(12-16(15)18)22-11-3-4-13-7-9-19-10-8-13/h5-6,12-13,19H,2-4,7-11H2,1H3,(H,20,21). The molecule has 0 bridgehead atoms. The Balaban J connectivity index is 1.75. The van der Waals surface area contributed by atoms with Crippen LogP contribution in [0.1, 0.15) is 43.0 Å². The van der Waals surface area contributed by atoms with E-state index in [0.29, 0.717) is 18.9 Å². The van der Waals surface area contributed by atoms with Gasteiger partial charge in [0.25, 0.3) is 5.91 Å². The van der Waals surface area contributed by atoms with Crippen molar-refractivity contribution in [2.24, 2.45) is 5.92 Å². The highest BCUT2D eigenvalue weighted by atomic mass is 19.1. The number of piperidine rings is 1.